The SMILES string of the molecule is C=CCn1c(SCC(=O)Nc2sccc2C(N)=O)nc2cc(Cl)ccc2c1=O. The second kappa shape index (κ2) is 8.59. The van der Waals surface area contributed by atoms with Gasteiger partial charge in [-0.2, -0.15) is 0 Å². The Labute approximate surface area is 173 Å². The standard InChI is InChI=1S/C18H15ClN4O3S2/c1-2-6-23-17(26)11-4-3-10(19)8-13(11)21-18(23)28-9-14(24)22-16-12(15(20)25)5-7-27-16/h2-5,7-8H,1,6,9H2,(H2,20,25)(H,22,24). The number of hydrogen-bond donors (Lipinski definition) is 2. The monoisotopic (exact) mass is 434 g/mol. The van der Waals surface area contributed by atoms with Crippen molar-refractivity contribution in [3.05, 3.63) is 63.2 Å². The topological polar surface area (TPSA) is 107 Å². The fraction of sp³-hybridized carbons (Fsp3) is 0.111. The number of rotatable bonds is 7. The summed E-state index contributed by atoms with van der Waals surface area (Å²) in [5.74, 6) is -0.969. The van der Waals surface area contributed by atoms with Gasteiger partial charge in [-0.05, 0) is 29.6 Å². The first-order chi connectivity index (χ1) is 13.4. The van der Waals surface area contributed by atoms with E-state index in [-0.39, 0.29) is 29.3 Å². The van der Waals surface area contributed by atoms with Crippen molar-refractivity contribution in [3.63, 3.8) is 0 Å². The average Bonchev–Trinajstić information content (AvgIpc) is 3.11. The largest absolute Gasteiger partial charge is 0.366 e. The first kappa shape index (κ1) is 20.1. The van der Waals surface area contributed by atoms with Crippen LogP contribution >= 0.6 is 34.7 Å². The number of aromatic nitrogens is 2. The molecular weight excluding hydrogens is 420 g/mol. The smallest absolute Gasteiger partial charge is 0.262 e. The molecule has 0 aliphatic heterocycles. The minimum Gasteiger partial charge on any atom is -0.366 e. The molecule has 0 aliphatic carbocycles. The number of anilines is 1. The highest BCUT2D eigenvalue weighted by molar-refractivity contribution is 7.99. The lowest BCUT2D eigenvalue weighted by atomic mass is 10.2. The van der Waals surface area contributed by atoms with E-state index in [2.05, 4.69) is 16.9 Å². The van der Waals surface area contributed by atoms with E-state index in [9.17, 15) is 14.4 Å². The van der Waals surface area contributed by atoms with Gasteiger partial charge >= 0.3 is 0 Å². The Balaban J connectivity index is 1.84. The maximum atomic E-state index is 12.7. The third-order valence-electron chi connectivity index (χ3n) is 3.71. The molecule has 0 spiro atoms. The van der Waals surface area contributed by atoms with Crippen LogP contribution in [0, 0.1) is 0 Å². The number of nitrogens with one attached hydrogen (secondary N) is 1. The summed E-state index contributed by atoms with van der Waals surface area (Å²) >= 11 is 8.31. The van der Waals surface area contributed by atoms with Crippen molar-refractivity contribution in [2.45, 2.75) is 11.7 Å². The summed E-state index contributed by atoms with van der Waals surface area (Å²) in [6.45, 7) is 3.92. The zero-order valence-corrected chi connectivity index (χ0v) is 16.9. The fourth-order valence-corrected chi connectivity index (χ4v) is 4.25. The third kappa shape index (κ3) is 4.27. The van der Waals surface area contributed by atoms with E-state index in [1.54, 1.807) is 35.7 Å². The van der Waals surface area contributed by atoms with Crippen molar-refractivity contribution < 1.29 is 9.59 Å². The summed E-state index contributed by atoms with van der Waals surface area (Å²) in [7, 11) is 0. The number of amides is 2. The van der Waals surface area contributed by atoms with Crippen LogP contribution in [-0.4, -0.2) is 27.1 Å². The zero-order chi connectivity index (χ0) is 20.3. The lowest BCUT2D eigenvalue weighted by Gasteiger charge is -2.11. The number of benzene rings is 1. The molecule has 1 aromatic carbocycles. The van der Waals surface area contributed by atoms with Gasteiger partial charge in [0.2, 0.25) is 5.91 Å². The second-order valence-corrected chi connectivity index (χ2v) is 7.92. The van der Waals surface area contributed by atoms with Gasteiger partial charge in [0.1, 0.15) is 5.00 Å². The molecule has 2 amide bonds. The van der Waals surface area contributed by atoms with Gasteiger partial charge in [-0.1, -0.05) is 29.4 Å². The number of allylic oxidation sites excluding steroid dienone is 1. The fourth-order valence-electron chi connectivity index (χ4n) is 2.47. The van der Waals surface area contributed by atoms with Gasteiger partial charge in [-0.25, -0.2) is 4.98 Å². The van der Waals surface area contributed by atoms with Crippen LogP contribution in [0.3, 0.4) is 0 Å². The first-order valence-electron chi connectivity index (χ1n) is 8.01. The van der Waals surface area contributed by atoms with E-state index in [1.807, 2.05) is 0 Å². The van der Waals surface area contributed by atoms with Gasteiger partial charge in [-0.3, -0.25) is 19.0 Å². The molecule has 0 aliphatic rings. The molecule has 3 aromatic rings. The lowest BCUT2D eigenvalue weighted by Crippen LogP contribution is -2.24. The summed E-state index contributed by atoms with van der Waals surface area (Å²) in [6.07, 6.45) is 1.58. The third-order valence-corrected chi connectivity index (χ3v) is 5.75. The van der Waals surface area contributed by atoms with E-state index in [4.69, 9.17) is 17.3 Å². The van der Waals surface area contributed by atoms with E-state index in [0.29, 0.717) is 26.1 Å². The number of thiophene rings is 1. The van der Waals surface area contributed by atoms with Crippen LogP contribution in [0.1, 0.15) is 10.4 Å². The Morgan fingerprint density at radius 3 is 2.89 bits per heavy atom. The van der Waals surface area contributed by atoms with Crippen LogP contribution in [-0.2, 0) is 11.3 Å². The molecule has 3 rings (SSSR count). The number of halogens is 1. The Kier molecular flexibility index (Phi) is 6.18. The van der Waals surface area contributed by atoms with Crippen molar-refractivity contribution in [2.75, 3.05) is 11.1 Å². The van der Waals surface area contributed by atoms with Crippen LogP contribution in [0.25, 0.3) is 10.9 Å². The van der Waals surface area contributed by atoms with E-state index < -0.39 is 5.91 Å². The quantitative estimate of drug-likeness (QED) is 0.337. The van der Waals surface area contributed by atoms with Crippen LogP contribution < -0.4 is 16.6 Å². The van der Waals surface area contributed by atoms with Crippen LogP contribution in [0.5, 0.6) is 0 Å². The first-order valence-corrected chi connectivity index (χ1v) is 10.3. The molecule has 144 valence electrons. The Morgan fingerprint density at radius 1 is 1.39 bits per heavy atom. The van der Waals surface area contributed by atoms with E-state index >= 15 is 0 Å². The van der Waals surface area contributed by atoms with Crippen LogP contribution in [0.4, 0.5) is 5.00 Å². The molecule has 0 saturated heterocycles. The average molecular weight is 435 g/mol. The lowest BCUT2D eigenvalue weighted by molar-refractivity contribution is -0.113. The molecule has 0 radical (unpaired) electrons. The van der Waals surface area contributed by atoms with Crippen molar-refractivity contribution in [2.24, 2.45) is 5.73 Å². The number of carbonyl (C=O) groups is 2. The van der Waals surface area contributed by atoms with E-state index in [1.165, 1.54) is 15.9 Å². The number of primary amides is 1. The highest BCUT2D eigenvalue weighted by Gasteiger charge is 2.15. The summed E-state index contributed by atoms with van der Waals surface area (Å²) in [5, 5.41) is 5.98. The molecule has 2 heterocycles. The number of nitrogens with zero attached hydrogens (tertiary/aromatic N) is 2. The molecule has 28 heavy (non-hydrogen) atoms. The minimum atomic E-state index is -0.614. The summed E-state index contributed by atoms with van der Waals surface area (Å²) in [4.78, 5) is 40.9. The molecule has 0 atom stereocenters. The zero-order valence-electron chi connectivity index (χ0n) is 14.5. The maximum Gasteiger partial charge on any atom is 0.262 e. The summed E-state index contributed by atoms with van der Waals surface area (Å²) in [6, 6.07) is 6.40. The molecule has 10 heteroatoms. The molecule has 0 fully saturated rings. The molecule has 7 nitrogen and oxygen atoms in total. The van der Waals surface area contributed by atoms with Crippen molar-refractivity contribution in [1.82, 2.24) is 9.55 Å². The van der Waals surface area contributed by atoms with Gasteiger partial charge in [0.05, 0.1) is 22.2 Å². The summed E-state index contributed by atoms with van der Waals surface area (Å²) < 4.78 is 1.45. The number of hydrogen-bond acceptors (Lipinski definition) is 6. The van der Waals surface area contributed by atoms with Gasteiger partial charge in [0.25, 0.3) is 11.5 Å². The Morgan fingerprint density at radius 2 is 2.18 bits per heavy atom. The normalized spacial score (nSPS) is 10.8. The van der Waals surface area contributed by atoms with Gasteiger partial charge < -0.3 is 11.1 Å². The molecular formula is C18H15ClN4O3S2. The predicted molar refractivity (Wildman–Crippen MR) is 113 cm³/mol. The van der Waals surface area contributed by atoms with E-state index in [0.717, 1.165) is 11.8 Å². The summed E-state index contributed by atoms with van der Waals surface area (Å²) in [5.41, 5.74) is 5.75. The van der Waals surface area contributed by atoms with Crippen LogP contribution in [0.15, 0.2) is 52.3 Å². The minimum absolute atomic E-state index is 0.00818. The number of nitrogens with two attached hydrogens (primary N) is 1. The molecule has 3 N–H and O–H groups in total. The highest BCUT2D eigenvalue weighted by Crippen LogP contribution is 2.24. The Bertz CT molecular complexity index is 1140. The highest BCUT2D eigenvalue weighted by atomic mass is 35.5. The maximum absolute atomic E-state index is 12.7. The number of fused-ring (bicyclic) bond motifs is 1. The van der Waals surface area contributed by atoms with Gasteiger partial charge in [0.15, 0.2) is 5.16 Å². The molecule has 2 aromatic heterocycles. The molecule has 0 bridgehead atoms. The number of carbonyl (C=O) groups excluding carboxylic acids is 2. The van der Waals surface area contributed by atoms with Gasteiger partial charge in [0, 0.05) is 11.6 Å². The molecule has 0 unspecified atom stereocenters. The second-order valence-electron chi connectivity index (χ2n) is 5.62. The van der Waals surface area contributed by atoms with Crippen LogP contribution in [0.2, 0.25) is 5.02 Å². The van der Waals surface area contributed by atoms with Crippen molar-refractivity contribution in [3.8, 4) is 0 Å². The van der Waals surface area contributed by atoms with Crippen molar-refractivity contribution in [1.29, 1.82) is 0 Å². The number of thioether (sulfide) groups is 1. The molecule has 0 saturated carbocycles. The Hall–Kier alpha value is -2.62. The predicted octanol–water partition coefficient (Wildman–Crippen LogP) is 3.13. The van der Waals surface area contributed by atoms with Gasteiger partial charge in [-0.15, -0.1) is 17.9 Å². The van der Waals surface area contributed by atoms with Crippen molar-refractivity contribution >= 4 is 62.4 Å².